The summed E-state index contributed by atoms with van der Waals surface area (Å²) < 4.78 is 0. The molecule has 0 fully saturated rings. The third kappa shape index (κ3) is 2.40. The molecule has 0 spiro atoms. The van der Waals surface area contributed by atoms with Crippen molar-refractivity contribution in [2.45, 2.75) is 0 Å². The van der Waals surface area contributed by atoms with Gasteiger partial charge in [0.25, 0.3) is 0 Å². The first kappa shape index (κ1) is 8.47. The predicted molar refractivity (Wildman–Crippen MR) is 58.9 cm³/mol. The fourth-order valence-electron chi connectivity index (χ4n) is 0.900. The Hall–Kier alpha value is -1.13. The summed E-state index contributed by atoms with van der Waals surface area (Å²) in [5, 5.41) is 9.52. The SMILES string of the molecule is C(/Nc1cccs1)=[NH+]\c1cccs1. The highest BCUT2D eigenvalue weighted by Gasteiger charge is 1.93. The summed E-state index contributed by atoms with van der Waals surface area (Å²) >= 11 is 3.36. The van der Waals surface area contributed by atoms with Crippen molar-refractivity contribution in [2.24, 2.45) is 0 Å². The molecule has 0 aliphatic heterocycles. The first-order valence-corrected chi connectivity index (χ1v) is 5.63. The molecule has 13 heavy (non-hydrogen) atoms. The van der Waals surface area contributed by atoms with Gasteiger partial charge in [-0.15, -0.1) is 22.7 Å². The maximum Gasteiger partial charge on any atom is 0.241 e. The fraction of sp³-hybridized carbons (Fsp3) is 0. The molecular weight excluding hydrogens is 200 g/mol. The lowest BCUT2D eigenvalue weighted by atomic mass is 10.6. The number of hydrogen-bond donors (Lipinski definition) is 2. The lowest BCUT2D eigenvalue weighted by Gasteiger charge is -1.84. The molecule has 0 aliphatic carbocycles. The first-order valence-electron chi connectivity index (χ1n) is 3.87. The third-order valence-corrected chi connectivity index (χ3v) is 3.07. The van der Waals surface area contributed by atoms with E-state index >= 15 is 0 Å². The summed E-state index contributed by atoms with van der Waals surface area (Å²) in [5.41, 5.74) is 0. The van der Waals surface area contributed by atoms with E-state index in [4.69, 9.17) is 0 Å². The Bertz CT molecular complexity index is 362. The van der Waals surface area contributed by atoms with Crippen LogP contribution < -0.4 is 10.3 Å². The van der Waals surface area contributed by atoms with Crippen molar-refractivity contribution >= 4 is 39.0 Å². The molecule has 4 heteroatoms. The minimum absolute atomic E-state index is 1.14. The molecule has 0 aliphatic rings. The van der Waals surface area contributed by atoms with Gasteiger partial charge in [-0.05, 0) is 35.0 Å². The topological polar surface area (TPSA) is 26.0 Å². The van der Waals surface area contributed by atoms with Crippen molar-refractivity contribution in [3.8, 4) is 0 Å². The van der Waals surface area contributed by atoms with Crippen LogP contribution in [0.25, 0.3) is 0 Å². The van der Waals surface area contributed by atoms with E-state index in [-0.39, 0.29) is 0 Å². The molecule has 0 bridgehead atoms. The van der Waals surface area contributed by atoms with Crippen molar-refractivity contribution < 1.29 is 4.99 Å². The number of thiophene rings is 2. The van der Waals surface area contributed by atoms with Crippen molar-refractivity contribution in [1.29, 1.82) is 0 Å². The van der Waals surface area contributed by atoms with Crippen LogP contribution in [0.2, 0.25) is 0 Å². The molecule has 2 nitrogen and oxygen atoms in total. The normalized spacial score (nSPS) is 10.8. The van der Waals surface area contributed by atoms with Crippen LogP contribution in [0.1, 0.15) is 0 Å². The second-order valence-electron chi connectivity index (χ2n) is 2.39. The largest absolute Gasteiger partial charge is 0.241 e. The van der Waals surface area contributed by atoms with Crippen LogP contribution in [0.4, 0.5) is 10.0 Å². The van der Waals surface area contributed by atoms with Gasteiger partial charge in [-0.2, -0.15) is 0 Å². The summed E-state index contributed by atoms with van der Waals surface area (Å²) in [6.07, 6.45) is 1.84. The van der Waals surface area contributed by atoms with Crippen molar-refractivity contribution in [1.82, 2.24) is 0 Å². The maximum absolute atomic E-state index is 3.15. The van der Waals surface area contributed by atoms with Gasteiger partial charge in [-0.25, -0.2) is 10.3 Å². The van der Waals surface area contributed by atoms with E-state index in [2.05, 4.69) is 10.3 Å². The van der Waals surface area contributed by atoms with Crippen LogP contribution in [-0.2, 0) is 0 Å². The van der Waals surface area contributed by atoms with Crippen LogP contribution in [0.5, 0.6) is 0 Å². The molecule has 0 aromatic carbocycles. The van der Waals surface area contributed by atoms with Crippen molar-refractivity contribution in [3.05, 3.63) is 35.0 Å². The van der Waals surface area contributed by atoms with E-state index in [0.29, 0.717) is 0 Å². The molecule has 0 amide bonds. The van der Waals surface area contributed by atoms with Gasteiger partial charge in [0.2, 0.25) is 6.34 Å². The summed E-state index contributed by atoms with van der Waals surface area (Å²) in [4.78, 5) is 3.15. The van der Waals surface area contributed by atoms with Gasteiger partial charge >= 0.3 is 0 Å². The molecule has 0 radical (unpaired) electrons. The standard InChI is InChI=1S/C9H8N2S2/c1-3-8(12-5-1)10-7-11-9-4-2-6-13-9/h1-7H,(H,10,11)/p+1. The van der Waals surface area contributed by atoms with E-state index in [1.54, 1.807) is 22.7 Å². The highest BCUT2D eigenvalue weighted by atomic mass is 32.1. The molecule has 0 saturated heterocycles. The molecule has 66 valence electrons. The number of hydrogen-bond acceptors (Lipinski definition) is 2. The van der Waals surface area contributed by atoms with Crippen LogP contribution >= 0.6 is 22.7 Å². The van der Waals surface area contributed by atoms with E-state index in [9.17, 15) is 0 Å². The van der Waals surface area contributed by atoms with E-state index in [0.717, 1.165) is 10.0 Å². The summed E-state index contributed by atoms with van der Waals surface area (Å²) in [7, 11) is 0. The minimum atomic E-state index is 1.14. The van der Waals surface area contributed by atoms with Gasteiger partial charge in [-0.1, -0.05) is 0 Å². The van der Waals surface area contributed by atoms with Gasteiger partial charge in [0.15, 0.2) is 10.0 Å². The smallest absolute Gasteiger partial charge is 0.238 e. The van der Waals surface area contributed by atoms with E-state index < -0.39 is 0 Å². The van der Waals surface area contributed by atoms with Gasteiger partial charge in [-0.3, -0.25) is 0 Å². The van der Waals surface area contributed by atoms with Gasteiger partial charge in [0.05, 0.1) is 0 Å². The Morgan fingerprint density at radius 2 is 2.00 bits per heavy atom. The Morgan fingerprint density at radius 3 is 2.69 bits per heavy atom. The zero-order valence-corrected chi connectivity index (χ0v) is 8.49. The fourth-order valence-corrected chi connectivity index (χ4v) is 2.08. The molecule has 0 atom stereocenters. The van der Waals surface area contributed by atoms with E-state index in [1.807, 2.05) is 41.4 Å². The Balaban J connectivity index is 1.93. The monoisotopic (exact) mass is 209 g/mol. The summed E-state index contributed by atoms with van der Waals surface area (Å²) in [5.74, 6) is 0. The number of rotatable bonds is 3. The Labute approximate surface area is 84.6 Å². The number of nitrogens with one attached hydrogen (secondary N) is 2. The van der Waals surface area contributed by atoms with E-state index in [1.165, 1.54) is 0 Å². The summed E-state index contributed by atoms with van der Waals surface area (Å²) in [6.45, 7) is 0. The maximum atomic E-state index is 3.15. The average molecular weight is 209 g/mol. The summed E-state index contributed by atoms with van der Waals surface area (Å²) in [6, 6.07) is 8.12. The second-order valence-corrected chi connectivity index (χ2v) is 4.28. The number of anilines is 1. The van der Waals surface area contributed by atoms with Crippen molar-refractivity contribution in [3.63, 3.8) is 0 Å². The van der Waals surface area contributed by atoms with Gasteiger partial charge in [0.1, 0.15) is 0 Å². The Morgan fingerprint density at radius 1 is 1.15 bits per heavy atom. The molecule has 2 aromatic heterocycles. The van der Waals surface area contributed by atoms with Gasteiger partial charge in [0, 0.05) is 0 Å². The molecule has 2 aromatic rings. The van der Waals surface area contributed by atoms with Crippen LogP contribution in [0.15, 0.2) is 35.0 Å². The van der Waals surface area contributed by atoms with Crippen LogP contribution in [0.3, 0.4) is 0 Å². The average Bonchev–Trinajstić information content (AvgIpc) is 2.75. The predicted octanol–water partition coefficient (Wildman–Crippen LogP) is 1.66. The lowest BCUT2D eigenvalue weighted by Crippen LogP contribution is -2.62. The highest BCUT2D eigenvalue weighted by molar-refractivity contribution is 7.14. The molecule has 2 rings (SSSR count). The quantitative estimate of drug-likeness (QED) is 0.583. The zero-order valence-electron chi connectivity index (χ0n) is 6.86. The lowest BCUT2D eigenvalue weighted by molar-refractivity contribution is -0.342. The Kier molecular flexibility index (Phi) is 2.74. The molecular formula is C9H9N2S2+. The first-order chi connectivity index (χ1) is 6.45. The molecule has 0 unspecified atom stereocenters. The molecule has 0 saturated carbocycles. The van der Waals surface area contributed by atoms with Crippen LogP contribution in [0, 0.1) is 0 Å². The van der Waals surface area contributed by atoms with Gasteiger partial charge < -0.3 is 0 Å². The molecule has 2 heterocycles. The van der Waals surface area contributed by atoms with Crippen molar-refractivity contribution in [2.75, 3.05) is 5.32 Å². The molecule has 2 N–H and O–H groups in total. The zero-order chi connectivity index (χ0) is 8.93. The third-order valence-electron chi connectivity index (χ3n) is 1.47. The second kappa shape index (κ2) is 4.20. The highest BCUT2D eigenvalue weighted by Crippen LogP contribution is 2.13. The minimum Gasteiger partial charge on any atom is -0.238 e. The van der Waals surface area contributed by atoms with Crippen LogP contribution in [-0.4, -0.2) is 6.34 Å².